The number of fused-ring (bicyclic) bond motifs is 1. The Morgan fingerprint density at radius 3 is 2.78 bits per heavy atom. The number of aryl methyl sites for hydroxylation is 1. The Hall–Kier alpha value is -2.61. The molecule has 0 saturated heterocycles. The number of nitrogens with two attached hydrogens (primary N) is 1. The fourth-order valence-corrected chi connectivity index (χ4v) is 3.81. The zero-order chi connectivity index (χ0) is 19.7. The van der Waals surface area contributed by atoms with Crippen LogP contribution in [0, 0.1) is 13.8 Å². The van der Waals surface area contributed by atoms with Gasteiger partial charge in [-0.25, -0.2) is 4.98 Å². The molecule has 1 aliphatic rings. The van der Waals surface area contributed by atoms with Crippen molar-refractivity contribution >= 4 is 29.3 Å². The number of hydrogen-bond donors (Lipinski definition) is 1. The van der Waals surface area contributed by atoms with Crippen molar-refractivity contribution in [1.82, 2.24) is 15.0 Å². The van der Waals surface area contributed by atoms with E-state index < -0.39 is 0 Å². The number of esters is 1. The molecule has 144 valence electrons. The average molecular weight is 392 g/mol. The summed E-state index contributed by atoms with van der Waals surface area (Å²) in [6, 6.07) is 0. The maximum atomic E-state index is 11.8. The van der Waals surface area contributed by atoms with Crippen LogP contribution >= 0.6 is 11.6 Å². The lowest BCUT2D eigenvalue weighted by molar-refractivity contribution is -0.141. The predicted octanol–water partition coefficient (Wildman–Crippen LogP) is 2.40. The van der Waals surface area contributed by atoms with Gasteiger partial charge in [0.25, 0.3) is 0 Å². The molecule has 0 fully saturated rings. The van der Waals surface area contributed by atoms with Crippen molar-refractivity contribution in [2.45, 2.75) is 32.7 Å². The molecular formula is C18H22ClN5O3. The monoisotopic (exact) mass is 391 g/mol. The largest absolute Gasteiger partial charge is 0.495 e. The zero-order valence-electron chi connectivity index (χ0n) is 15.7. The number of anilines is 2. The first kappa shape index (κ1) is 19.2. The van der Waals surface area contributed by atoms with Crippen LogP contribution in [-0.4, -0.2) is 41.7 Å². The van der Waals surface area contributed by atoms with Gasteiger partial charge in [0.05, 0.1) is 26.3 Å². The molecule has 2 aromatic rings. The molecule has 3 heterocycles. The van der Waals surface area contributed by atoms with Crippen molar-refractivity contribution in [2.75, 3.05) is 31.4 Å². The van der Waals surface area contributed by atoms with E-state index in [4.69, 9.17) is 26.8 Å². The number of halogens is 1. The lowest BCUT2D eigenvalue weighted by Crippen LogP contribution is -2.24. The van der Waals surface area contributed by atoms with E-state index in [2.05, 4.69) is 15.0 Å². The van der Waals surface area contributed by atoms with Crippen molar-refractivity contribution < 1.29 is 14.3 Å². The van der Waals surface area contributed by atoms with Crippen LogP contribution in [0.3, 0.4) is 0 Å². The van der Waals surface area contributed by atoms with Gasteiger partial charge < -0.3 is 20.1 Å². The summed E-state index contributed by atoms with van der Waals surface area (Å²) in [5, 5.41) is 0.269. The topological polar surface area (TPSA) is 103 Å². The fraction of sp³-hybridized carbons (Fsp3) is 0.444. The Kier molecular flexibility index (Phi) is 5.36. The average Bonchev–Trinajstić information content (AvgIpc) is 2.95. The summed E-state index contributed by atoms with van der Waals surface area (Å²) in [4.78, 5) is 26.7. The van der Waals surface area contributed by atoms with Gasteiger partial charge in [-0.15, -0.1) is 0 Å². The molecule has 0 aromatic carbocycles. The highest BCUT2D eigenvalue weighted by Gasteiger charge is 2.35. The number of methoxy groups -OCH3 is 2. The van der Waals surface area contributed by atoms with Gasteiger partial charge in [0, 0.05) is 30.8 Å². The lowest BCUT2D eigenvalue weighted by Gasteiger charge is -2.21. The number of pyridine rings is 1. The van der Waals surface area contributed by atoms with E-state index in [1.807, 2.05) is 24.9 Å². The lowest BCUT2D eigenvalue weighted by atomic mass is 10.0. The van der Waals surface area contributed by atoms with E-state index in [-0.39, 0.29) is 29.4 Å². The van der Waals surface area contributed by atoms with Crippen LogP contribution in [0.2, 0.25) is 5.15 Å². The Labute approximate surface area is 162 Å². The van der Waals surface area contributed by atoms with Crippen molar-refractivity contribution in [1.29, 1.82) is 0 Å². The highest BCUT2D eigenvalue weighted by atomic mass is 35.5. The SMILES string of the molecule is COC(=O)CC1CN(Cc2cnc(C)c(OC)c2C)c2nc(N)nc(Cl)c21. The first-order valence-corrected chi connectivity index (χ1v) is 8.87. The second-order valence-corrected chi connectivity index (χ2v) is 6.85. The standard InChI is InChI=1S/C18H22ClN5O3/c1-9-12(6-21-10(2)15(9)27-4)8-24-7-11(5-13(25)26-3)14-16(19)22-18(20)23-17(14)24/h6,11H,5,7-8H2,1-4H3,(H2,20,22,23). The molecule has 9 heteroatoms. The van der Waals surface area contributed by atoms with E-state index >= 15 is 0 Å². The van der Waals surface area contributed by atoms with Gasteiger partial charge in [-0.2, -0.15) is 4.98 Å². The van der Waals surface area contributed by atoms with Crippen molar-refractivity contribution in [3.63, 3.8) is 0 Å². The maximum absolute atomic E-state index is 11.8. The summed E-state index contributed by atoms with van der Waals surface area (Å²) in [6.45, 7) is 4.98. The minimum Gasteiger partial charge on any atom is -0.495 e. The molecule has 0 bridgehead atoms. The van der Waals surface area contributed by atoms with Crippen molar-refractivity contribution in [3.8, 4) is 5.75 Å². The van der Waals surface area contributed by atoms with Crippen LogP contribution in [0.15, 0.2) is 6.20 Å². The van der Waals surface area contributed by atoms with Gasteiger partial charge in [0.15, 0.2) is 0 Å². The van der Waals surface area contributed by atoms with Crippen molar-refractivity contribution in [2.24, 2.45) is 0 Å². The third-order valence-electron chi connectivity index (χ3n) is 4.82. The van der Waals surface area contributed by atoms with Crippen LogP contribution in [0.25, 0.3) is 0 Å². The highest BCUT2D eigenvalue weighted by Crippen LogP contribution is 2.42. The molecule has 2 aromatic heterocycles. The number of rotatable bonds is 5. The number of hydrogen-bond acceptors (Lipinski definition) is 8. The first-order chi connectivity index (χ1) is 12.8. The van der Waals surface area contributed by atoms with Gasteiger partial charge in [-0.1, -0.05) is 11.6 Å². The normalized spacial score (nSPS) is 15.6. The molecule has 0 amide bonds. The van der Waals surface area contributed by atoms with Crippen molar-refractivity contribution in [3.05, 3.63) is 33.7 Å². The summed E-state index contributed by atoms with van der Waals surface area (Å²) in [6.07, 6.45) is 2.02. The molecule has 0 spiro atoms. The molecular weight excluding hydrogens is 370 g/mol. The van der Waals surface area contributed by atoms with E-state index in [1.54, 1.807) is 7.11 Å². The molecule has 1 unspecified atom stereocenters. The van der Waals surface area contributed by atoms with Gasteiger partial charge in [-0.3, -0.25) is 9.78 Å². The fourth-order valence-electron chi connectivity index (χ4n) is 3.49. The minimum absolute atomic E-state index is 0.0961. The molecule has 1 aliphatic heterocycles. The summed E-state index contributed by atoms with van der Waals surface area (Å²) >= 11 is 6.32. The van der Waals surface area contributed by atoms with Gasteiger partial charge >= 0.3 is 5.97 Å². The molecule has 8 nitrogen and oxygen atoms in total. The van der Waals surface area contributed by atoms with Crippen LogP contribution in [-0.2, 0) is 16.1 Å². The van der Waals surface area contributed by atoms with Gasteiger partial charge in [0.2, 0.25) is 5.95 Å². The summed E-state index contributed by atoms with van der Waals surface area (Å²) in [5.41, 5.74) is 9.36. The maximum Gasteiger partial charge on any atom is 0.306 e. The molecule has 27 heavy (non-hydrogen) atoms. The Morgan fingerprint density at radius 1 is 1.37 bits per heavy atom. The van der Waals surface area contributed by atoms with Crippen LogP contribution in [0.4, 0.5) is 11.8 Å². The highest BCUT2D eigenvalue weighted by molar-refractivity contribution is 6.30. The van der Waals surface area contributed by atoms with E-state index in [9.17, 15) is 4.79 Å². The predicted molar refractivity (Wildman–Crippen MR) is 102 cm³/mol. The number of ether oxygens (including phenoxy) is 2. The van der Waals surface area contributed by atoms with Crippen LogP contribution in [0.1, 0.15) is 34.7 Å². The Balaban J connectivity index is 1.97. The van der Waals surface area contributed by atoms with E-state index in [0.29, 0.717) is 18.9 Å². The molecule has 2 N–H and O–H groups in total. The zero-order valence-corrected chi connectivity index (χ0v) is 16.5. The van der Waals surface area contributed by atoms with Gasteiger partial charge in [0.1, 0.15) is 16.7 Å². The smallest absolute Gasteiger partial charge is 0.306 e. The number of nitrogens with zero attached hydrogens (tertiary/aromatic N) is 4. The van der Waals surface area contributed by atoms with E-state index in [1.165, 1.54) is 7.11 Å². The first-order valence-electron chi connectivity index (χ1n) is 8.49. The molecule has 3 rings (SSSR count). The van der Waals surface area contributed by atoms with E-state index in [0.717, 1.165) is 28.1 Å². The summed E-state index contributed by atoms with van der Waals surface area (Å²) < 4.78 is 10.3. The Morgan fingerprint density at radius 2 is 2.11 bits per heavy atom. The number of carbonyl (C=O) groups is 1. The number of nitrogen functional groups attached to an aromatic ring is 1. The molecule has 1 atom stereocenters. The van der Waals surface area contributed by atoms with Crippen LogP contribution < -0.4 is 15.4 Å². The number of aromatic nitrogens is 3. The molecule has 0 saturated carbocycles. The second kappa shape index (κ2) is 7.56. The third kappa shape index (κ3) is 3.62. The number of carbonyl (C=O) groups excluding carboxylic acids is 1. The summed E-state index contributed by atoms with van der Waals surface area (Å²) in [7, 11) is 3.00. The van der Waals surface area contributed by atoms with Crippen LogP contribution in [0.5, 0.6) is 5.75 Å². The molecule has 0 aliphatic carbocycles. The quantitative estimate of drug-likeness (QED) is 0.612. The van der Waals surface area contributed by atoms with Gasteiger partial charge in [-0.05, 0) is 25.0 Å². The Bertz CT molecular complexity index is 890. The third-order valence-corrected chi connectivity index (χ3v) is 5.10. The minimum atomic E-state index is -0.310. The molecule has 0 radical (unpaired) electrons. The summed E-state index contributed by atoms with van der Waals surface area (Å²) in [5.74, 6) is 1.02. The second-order valence-electron chi connectivity index (χ2n) is 6.49.